The van der Waals surface area contributed by atoms with E-state index in [2.05, 4.69) is 109 Å². The topological polar surface area (TPSA) is 25.8 Å². The van der Waals surface area contributed by atoms with Gasteiger partial charge < -0.3 is 0 Å². The van der Waals surface area contributed by atoms with Crippen molar-refractivity contribution >= 4 is 21.8 Å². The summed E-state index contributed by atoms with van der Waals surface area (Å²) in [4.78, 5) is 10.2. The lowest BCUT2D eigenvalue weighted by molar-refractivity contribution is 0.443. The number of pyridine rings is 2. The van der Waals surface area contributed by atoms with E-state index in [1.54, 1.807) is 0 Å². The van der Waals surface area contributed by atoms with E-state index in [9.17, 15) is 0 Å². The zero-order valence-electron chi connectivity index (χ0n) is 21.5. The van der Waals surface area contributed by atoms with Crippen LogP contribution in [0, 0.1) is 0 Å². The minimum absolute atomic E-state index is 0.701. The lowest BCUT2D eigenvalue weighted by atomic mass is 9.84. The molecule has 1 fully saturated rings. The predicted molar refractivity (Wildman–Crippen MR) is 159 cm³/mol. The van der Waals surface area contributed by atoms with Crippen LogP contribution in [0.2, 0.25) is 0 Å². The van der Waals surface area contributed by atoms with E-state index < -0.39 is 0 Å². The van der Waals surface area contributed by atoms with Crippen LogP contribution < -0.4 is 0 Å². The highest BCUT2D eigenvalue weighted by molar-refractivity contribution is 6.12. The van der Waals surface area contributed by atoms with Gasteiger partial charge in [0.15, 0.2) is 0 Å². The molecule has 184 valence electrons. The van der Waals surface area contributed by atoms with Crippen molar-refractivity contribution in [3.05, 3.63) is 121 Å². The first-order valence-electron chi connectivity index (χ1n) is 13.8. The lowest BCUT2D eigenvalue weighted by Gasteiger charge is -2.22. The molecule has 1 saturated carbocycles. The van der Waals surface area contributed by atoms with Gasteiger partial charge in [-0.25, -0.2) is 4.98 Å². The second kappa shape index (κ2) is 9.87. The molecule has 0 spiro atoms. The molecular formula is C36H30N2. The molecule has 1 aliphatic rings. The summed E-state index contributed by atoms with van der Waals surface area (Å²) in [6.07, 6.45) is 8.62. The van der Waals surface area contributed by atoms with Crippen molar-refractivity contribution in [1.29, 1.82) is 0 Å². The first kappa shape index (κ1) is 22.9. The first-order chi connectivity index (χ1) is 18.8. The molecule has 0 atom stereocenters. The Labute approximate surface area is 224 Å². The zero-order valence-corrected chi connectivity index (χ0v) is 21.5. The largest absolute Gasteiger partial charge is 0.254 e. The third-order valence-corrected chi connectivity index (χ3v) is 8.14. The highest BCUT2D eigenvalue weighted by Crippen LogP contribution is 2.38. The molecule has 2 heterocycles. The molecule has 0 radical (unpaired) electrons. The van der Waals surface area contributed by atoms with E-state index in [0.29, 0.717) is 5.92 Å². The molecule has 6 aromatic rings. The molecule has 0 saturated heterocycles. The molecule has 38 heavy (non-hydrogen) atoms. The molecular weight excluding hydrogens is 460 g/mol. The summed E-state index contributed by atoms with van der Waals surface area (Å²) in [6.45, 7) is 0. The molecule has 0 unspecified atom stereocenters. The number of aromatic nitrogens is 2. The molecule has 2 heteroatoms. The van der Waals surface area contributed by atoms with Gasteiger partial charge in [-0.2, -0.15) is 0 Å². The summed E-state index contributed by atoms with van der Waals surface area (Å²) in [5, 5.41) is 2.26. The van der Waals surface area contributed by atoms with Crippen LogP contribution in [-0.2, 0) is 0 Å². The Balaban J connectivity index is 1.43. The molecule has 0 bridgehead atoms. The lowest BCUT2D eigenvalue weighted by Crippen LogP contribution is -2.04. The van der Waals surface area contributed by atoms with Gasteiger partial charge in [-0.3, -0.25) is 4.98 Å². The van der Waals surface area contributed by atoms with Crippen LogP contribution in [0.1, 0.15) is 43.6 Å². The van der Waals surface area contributed by atoms with E-state index >= 15 is 0 Å². The summed E-state index contributed by atoms with van der Waals surface area (Å²) in [7, 11) is 0. The SMILES string of the molecule is c1ccc(-c2ccnc3c2ccc2c(-c4ccccc4)cc(-c4ccc(C5CCCCC5)cc4)nc23)cc1. The van der Waals surface area contributed by atoms with Crippen LogP contribution in [-0.4, -0.2) is 9.97 Å². The number of rotatable bonds is 4. The fraction of sp³-hybridized carbons (Fsp3) is 0.167. The average molecular weight is 491 g/mol. The molecule has 0 aliphatic heterocycles. The Morgan fingerprint density at radius 2 is 1.16 bits per heavy atom. The third-order valence-electron chi connectivity index (χ3n) is 8.14. The van der Waals surface area contributed by atoms with Crippen LogP contribution >= 0.6 is 0 Å². The summed E-state index contributed by atoms with van der Waals surface area (Å²) in [5.74, 6) is 0.701. The van der Waals surface area contributed by atoms with Crippen LogP contribution in [0.15, 0.2) is 115 Å². The average Bonchev–Trinajstić information content (AvgIpc) is 3.01. The standard InChI is InChI=1S/C36H30N2/c1-4-10-25(11-5-1)26-16-18-29(19-17-26)34-24-33(28-14-8-3-9-15-28)32-21-20-31-30(27-12-6-2-7-13-27)22-23-37-35(31)36(32)38-34/h2-3,6-9,12-25H,1,4-5,10-11H2. The van der Waals surface area contributed by atoms with Gasteiger partial charge in [-0.1, -0.05) is 116 Å². The number of nitrogens with zero attached hydrogens (tertiary/aromatic N) is 2. The Hall–Kier alpha value is -4.30. The zero-order chi connectivity index (χ0) is 25.3. The highest BCUT2D eigenvalue weighted by Gasteiger charge is 2.17. The Morgan fingerprint density at radius 3 is 1.84 bits per heavy atom. The summed E-state index contributed by atoms with van der Waals surface area (Å²) in [5.41, 5.74) is 10.3. The number of benzene rings is 4. The van der Waals surface area contributed by atoms with Gasteiger partial charge >= 0.3 is 0 Å². The second-order valence-corrected chi connectivity index (χ2v) is 10.5. The van der Waals surface area contributed by atoms with Crippen molar-refractivity contribution in [3.8, 4) is 33.5 Å². The third kappa shape index (κ3) is 4.16. The monoisotopic (exact) mass is 490 g/mol. The molecule has 4 aromatic carbocycles. The van der Waals surface area contributed by atoms with Gasteiger partial charge in [0.1, 0.15) is 0 Å². The van der Waals surface area contributed by atoms with Crippen LogP contribution in [0.5, 0.6) is 0 Å². The number of hydrogen-bond acceptors (Lipinski definition) is 2. The highest BCUT2D eigenvalue weighted by atomic mass is 14.8. The number of fused-ring (bicyclic) bond motifs is 3. The van der Waals surface area contributed by atoms with Gasteiger partial charge in [0, 0.05) is 22.5 Å². The Bertz CT molecular complexity index is 1720. The van der Waals surface area contributed by atoms with Crippen molar-refractivity contribution in [2.45, 2.75) is 38.0 Å². The van der Waals surface area contributed by atoms with E-state index in [4.69, 9.17) is 9.97 Å². The summed E-state index contributed by atoms with van der Waals surface area (Å²) >= 11 is 0. The molecule has 2 nitrogen and oxygen atoms in total. The van der Waals surface area contributed by atoms with E-state index in [-0.39, 0.29) is 0 Å². The maximum atomic E-state index is 5.27. The molecule has 0 N–H and O–H groups in total. The Kier molecular flexibility index (Phi) is 5.94. The van der Waals surface area contributed by atoms with E-state index in [0.717, 1.165) is 33.1 Å². The first-order valence-corrected chi connectivity index (χ1v) is 13.8. The fourth-order valence-electron chi connectivity index (χ4n) is 6.14. The van der Waals surface area contributed by atoms with Crippen molar-refractivity contribution in [1.82, 2.24) is 9.97 Å². The Morgan fingerprint density at radius 1 is 0.526 bits per heavy atom. The quantitative estimate of drug-likeness (QED) is 0.230. The molecule has 2 aromatic heterocycles. The van der Waals surface area contributed by atoms with Crippen LogP contribution in [0.3, 0.4) is 0 Å². The minimum atomic E-state index is 0.701. The number of hydrogen-bond donors (Lipinski definition) is 0. The van der Waals surface area contributed by atoms with Gasteiger partial charge in [0.25, 0.3) is 0 Å². The van der Waals surface area contributed by atoms with Crippen molar-refractivity contribution < 1.29 is 0 Å². The van der Waals surface area contributed by atoms with Gasteiger partial charge in [-0.05, 0) is 58.7 Å². The van der Waals surface area contributed by atoms with Crippen molar-refractivity contribution in [3.63, 3.8) is 0 Å². The fourth-order valence-corrected chi connectivity index (χ4v) is 6.14. The van der Waals surface area contributed by atoms with Crippen molar-refractivity contribution in [2.75, 3.05) is 0 Å². The maximum absolute atomic E-state index is 5.27. The van der Waals surface area contributed by atoms with Gasteiger partial charge in [0.05, 0.1) is 16.7 Å². The van der Waals surface area contributed by atoms with Crippen molar-refractivity contribution in [2.24, 2.45) is 0 Å². The normalized spacial score (nSPS) is 14.2. The molecule has 1 aliphatic carbocycles. The van der Waals surface area contributed by atoms with Gasteiger partial charge in [-0.15, -0.1) is 0 Å². The van der Waals surface area contributed by atoms with E-state index in [1.165, 1.54) is 59.9 Å². The van der Waals surface area contributed by atoms with Crippen LogP contribution in [0.4, 0.5) is 0 Å². The predicted octanol–water partition coefficient (Wildman–Crippen LogP) is 9.83. The van der Waals surface area contributed by atoms with E-state index in [1.807, 2.05) is 6.20 Å². The summed E-state index contributed by atoms with van der Waals surface area (Å²) < 4.78 is 0. The smallest absolute Gasteiger partial charge is 0.0978 e. The molecule has 0 amide bonds. The molecule has 7 rings (SSSR count). The van der Waals surface area contributed by atoms with Crippen LogP contribution in [0.25, 0.3) is 55.3 Å². The maximum Gasteiger partial charge on any atom is 0.0978 e. The minimum Gasteiger partial charge on any atom is -0.254 e. The van der Waals surface area contributed by atoms with Gasteiger partial charge in [0.2, 0.25) is 0 Å². The summed E-state index contributed by atoms with van der Waals surface area (Å²) in [6, 6.07) is 39.2. The second-order valence-electron chi connectivity index (χ2n) is 10.5.